The van der Waals surface area contributed by atoms with Crippen LogP contribution in [0.3, 0.4) is 0 Å². The molecule has 2 atom stereocenters. The third kappa shape index (κ3) is 4.27. The van der Waals surface area contributed by atoms with Gasteiger partial charge < -0.3 is 4.74 Å². The summed E-state index contributed by atoms with van der Waals surface area (Å²) in [6, 6.07) is 0. The Balaban J connectivity index is 1.62. The van der Waals surface area contributed by atoms with E-state index in [0.29, 0.717) is 6.10 Å². The fraction of sp³-hybridized carbons (Fsp3) is 0.769. The van der Waals surface area contributed by atoms with Crippen molar-refractivity contribution in [1.29, 1.82) is 0 Å². The SMILES string of the molecule is Cc1csc(SCCO[C@H]2CCCC[C@H]2C)n1. The molecule has 1 aliphatic rings. The minimum absolute atomic E-state index is 0.502. The molecule has 4 heteroatoms. The molecule has 0 N–H and O–H groups in total. The highest BCUT2D eigenvalue weighted by molar-refractivity contribution is 8.01. The van der Waals surface area contributed by atoms with E-state index in [0.717, 1.165) is 24.0 Å². The van der Waals surface area contributed by atoms with Crippen LogP contribution in [0.25, 0.3) is 0 Å². The van der Waals surface area contributed by atoms with Crippen LogP contribution in [0, 0.1) is 12.8 Å². The Morgan fingerprint density at radius 3 is 3.00 bits per heavy atom. The van der Waals surface area contributed by atoms with Crippen LogP contribution in [-0.2, 0) is 4.74 Å². The van der Waals surface area contributed by atoms with Crippen LogP contribution >= 0.6 is 23.1 Å². The molecule has 96 valence electrons. The van der Waals surface area contributed by atoms with Crippen molar-refractivity contribution in [1.82, 2.24) is 4.98 Å². The van der Waals surface area contributed by atoms with Crippen molar-refractivity contribution >= 4 is 23.1 Å². The molecule has 1 aromatic rings. The molecule has 2 rings (SSSR count). The van der Waals surface area contributed by atoms with Gasteiger partial charge in [0.2, 0.25) is 0 Å². The van der Waals surface area contributed by atoms with E-state index in [1.165, 1.54) is 30.0 Å². The summed E-state index contributed by atoms with van der Waals surface area (Å²) in [7, 11) is 0. The summed E-state index contributed by atoms with van der Waals surface area (Å²) in [6.45, 7) is 5.22. The summed E-state index contributed by atoms with van der Waals surface area (Å²) < 4.78 is 7.15. The van der Waals surface area contributed by atoms with E-state index in [-0.39, 0.29) is 0 Å². The molecule has 0 aliphatic heterocycles. The Bertz CT molecular complexity index is 340. The third-order valence-corrected chi connectivity index (χ3v) is 5.37. The predicted octanol–water partition coefficient (Wildman–Crippen LogP) is 4.14. The van der Waals surface area contributed by atoms with Gasteiger partial charge in [0.25, 0.3) is 0 Å². The first-order chi connectivity index (χ1) is 8.25. The van der Waals surface area contributed by atoms with Crippen molar-refractivity contribution in [3.8, 4) is 0 Å². The van der Waals surface area contributed by atoms with Crippen LogP contribution in [-0.4, -0.2) is 23.4 Å². The largest absolute Gasteiger partial charge is 0.377 e. The molecule has 0 aromatic carbocycles. The number of aryl methyl sites for hydroxylation is 1. The Morgan fingerprint density at radius 1 is 1.47 bits per heavy atom. The maximum Gasteiger partial charge on any atom is 0.150 e. The number of hydrogen-bond donors (Lipinski definition) is 0. The number of ether oxygens (including phenoxy) is 1. The Labute approximate surface area is 112 Å². The zero-order valence-corrected chi connectivity index (χ0v) is 12.3. The fourth-order valence-corrected chi connectivity index (χ4v) is 4.01. The van der Waals surface area contributed by atoms with Gasteiger partial charge in [-0.3, -0.25) is 0 Å². The standard InChI is InChI=1S/C13H21NOS2/c1-10-5-3-4-6-12(10)15-7-8-16-13-14-11(2)9-17-13/h9-10,12H,3-8H2,1-2H3/t10-,12+/m1/s1. The maximum atomic E-state index is 5.98. The van der Waals surface area contributed by atoms with E-state index in [1.807, 2.05) is 18.7 Å². The molecule has 0 radical (unpaired) electrons. The number of thiazole rings is 1. The van der Waals surface area contributed by atoms with Crippen LogP contribution in [0.4, 0.5) is 0 Å². The van der Waals surface area contributed by atoms with Crippen molar-refractivity contribution in [2.75, 3.05) is 12.4 Å². The van der Waals surface area contributed by atoms with Crippen LogP contribution in [0.1, 0.15) is 38.3 Å². The van der Waals surface area contributed by atoms with Crippen LogP contribution in [0.15, 0.2) is 9.72 Å². The zero-order chi connectivity index (χ0) is 12.1. The molecular formula is C13H21NOS2. The topological polar surface area (TPSA) is 22.1 Å². The summed E-state index contributed by atoms with van der Waals surface area (Å²) in [4.78, 5) is 4.44. The second-order valence-electron chi connectivity index (χ2n) is 4.77. The van der Waals surface area contributed by atoms with Crippen molar-refractivity contribution in [3.05, 3.63) is 11.1 Å². The van der Waals surface area contributed by atoms with Gasteiger partial charge in [-0.15, -0.1) is 11.3 Å². The van der Waals surface area contributed by atoms with E-state index in [1.54, 1.807) is 11.3 Å². The van der Waals surface area contributed by atoms with Gasteiger partial charge in [-0.2, -0.15) is 0 Å². The minimum Gasteiger partial charge on any atom is -0.377 e. The van der Waals surface area contributed by atoms with Gasteiger partial charge in [0.15, 0.2) is 0 Å². The summed E-state index contributed by atoms with van der Waals surface area (Å²) in [5.41, 5.74) is 1.12. The van der Waals surface area contributed by atoms with Crippen molar-refractivity contribution < 1.29 is 4.74 Å². The van der Waals surface area contributed by atoms with Gasteiger partial charge in [-0.05, 0) is 25.7 Å². The number of thioether (sulfide) groups is 1. The molecule has 2 nitrogen and oxygen atoms in total. The monoisotopic (exact) mass is 271 g/mol. The van der Waals surface area contributed by atoms with Crippen molar-refractivity contribution in [2.45, 2.75) is 50.0 Å². The molecule has 0 bridgehead atoms. The average molecular weight is 271 g/mol. The first kappa shape index (κ1) is 13.4. The summed E-state index contributed by atoms with van der Waals surface area (Å²) in [6.07, 6.45) is 5.82. The molecule has 0 amide bonds. The molecule has 1 fully saturated rings. The highest BCUT2D eigenvalue weighted by Crippen LogP contribution is 2.27. The van der Waals surface area contributed by atoms with Gasteiger partial charge >= 0.3 is 0 Å². The first-order valence-electron chi connectivity index (χ1n) is 6.42. The van der Waals surface area contributed by atoms with Gasteiger partial charge in [0.05, 0.1) is 12.7 Å². The Kier molecular flexibility index (Phi) is 5.32. The van der Waals surface area contributed by atoms with Gasteiger partial charge in [-0.25, -0.2) is 4.98 Å². The lowest BCUT2D eigenvalue weighted by molar-refractivity contribution is 0.00347. The zero-order valence-electron chi connectivity index (χ0n) is 10.6. The normalized spacial score (nSPS) is 25.1. The highest BCUT2D eigenvalue weighted by Gasteiger charge is 2.21. The molecule has 1 aliphatic carbocycles. The quantitative estimate of drug-likeness (QED) is 0.593. The number of hydrogen-bond acceptors (Lipinski definition) is 4. The van der Waals surface area contributed by atoms with E-state index in [2.05, 4.69) is 17.3 Å². The van der Waals surface area contributed by atoms with Gasteiger partial charge in [0.1, 0.15) is 4.34 Å². The molecular weight excluding hydrogens is 250 g/mol. The van der Waals surface area contributed by atoms with Gasteiger partial charge in [0, 0.05) is 16.8 Å². The van der Waals surface area contributed by atoms with E-state index in [9.17, 15) is 0 Å². The number of aromatic nitrogens is 1. The lowest BCUT2D eigenvalue weighted by Gasteiger charge is -2.28. The number of nitrogens with zero attached hydrogens (tertiary/aromatic N) is 1. The molecule has 0 saturated heterocycles. The van der Waals surface area contributed by atoms with E-state index >= 15 is 0 Å². The third-order valence-electron chi connectivity index (χ3n) is 3.27. The lowest BCUT2D eigenvalue weighted by atomic mass is 9.88. The van der Waals surface area contributed by atoms with Crippen LogP contribution in [0.2, 0.25) is 0 Å². The fourth-order valence-electron chi connectivity index (χ4n) is 2.26. The van der Waals surface area contributed by atoms with Gasteiger partial charge in [-0.1, -0.05) is 31.5 Å². The van der Waals surface area contributed by atoms with E-state index in [4.69, 9.17) is 4.74 Å². The molecule has 1 aromatic heterocycles. The Morgan fingerprint density at radius 2 is 2.29 bits per heavy atom. The minimum atomic E-state index is 0.502. The molecule has 0 spiro atoms. The second kappa shape index (κ2) is 6.76. The highest BCUT2D eigenvalue weighted by atomic mass is 32.2. The molecule has 1 saturated carbocycles. The van der Waals surface area contributed by atoms with E-state index < -0.39 is 0 Å². The van der Waals surface area contributed by atoms with Crippen LogP contribution in [0.5, 0.6) is 0 Å². The average Bonchev–Trinajstić information content (AvgIpc) is 2.73. The summed E-state index contributed by atoms with van der Waals surface area (Å²) >= 11 is 3.55. The smallest absolute Gasteiger partial charge is 0.150 e. The molecule has 17 heavy (non-hydrogen) atoms. The second-order valence-corrected chi connectivity index (χ2v) is 6.97. The predicted molar refractivity (Wildman–Crippen MR) is 74.9 cm³/mol. The van der Waals surface area contributed by atoms with Crippen LogP contribution < -0.4 is 0 Å². The maximum absolute atomic E-state index is 5.98. The lowest BCUT2D eigenvalue weighted by Crippen LogP contribution is -2.26. The molecule has 1 heterocycles. The summed E-state index contributed by atoms with van der Waals surface area (Å²) in [5, 5.41) is 2.10. The van der Waals surface area contributed by atoms with Crippen molar-refractivity contribution in [2.24, 2.45) is 5.92 Å². The number of rotatable bonds is 5. The Hall–Kier alpha value is -0.0600. The summed E-state index contributed by atoms with van der Waals surface area (Å²) in [5.74, 6) is 1.77. The molecule has 0 unspecified atom stereocenters. The van der Waals surface area contributed by atoms with Crippen molar-refractivity contribution in [3.63, 3.8) is 0 Å². The first-order valence-corrected chi connectivity index (χ1v) is 8.29.